The van der Waals surface area contributed by atoms with Gasteiger partial charge in [-0.3, -0.25) is 0 Å². The maximum atomic E-state index is 4.95. The van der Waals surface area contributed by atoms with Crippen molar-refractivity contribution in [1.82, 2.24) is 4.98 Å². The average Bonchev–Trinajstić information content (AvgIpc) is 2.20. The Morgan fingerprint density at radius 1 is 1.50 bits per heavy atom. The molecule has 1 aromatic rings. The van der Waals surface area contributed by atoms with Gasteiger partial charge in [-0.1, -0.05) is 13.8 Å². The molecule has 1 N–H and O–H groups in total. The quantitative estimate of drug-likeness (QED) is 0.720. The van der Waals surface area contributed by atoms with E-state index in [0.717, 1.165) is 5.69 Å². The average molecular weight is 186 g/mol. The largest absolute Gasteiger partial charge is 0.480 e. The van der Waals surface area contributed by atoms with Gasteiger partial charge in [-0.05, 0) is 21.5 Å². The highest BCUT2D eigenvalue weighted by molar-refractivity contribution is 7.18. The van der Waals surface area contributed by atoms with Gasteiger partial charge >= 0.3 is 0 Å². The summed E-state index contributed by atoms with van der Waals surface area (Å²) in [6.07, 6.45) is 1.68. The number of rotatable bonds is 2. The van der Waals surface area contributed by atoms with Gasteiger partial charge in [0, 0.05) is 6.20 Å². The molecule has 12 heavy (non-hydrogen) atoms. The second kappa shape index (κ2) is 6.86. The molecule has 0 amide bonds. The van der Waals surface area contributed by atoms with Gasteiger partial charge in [0.25, 0.3) is 0 Å². The highest BCUT2D eigenvalue weighted by atomic mass is 31.0. The molecular weight excluding hydrogens is 171 g/mol. The predicted molar refractivity (Wildman–Crippen MR) is 55.5 cm³/mol. The molecule has 4 heteroatoms. The summed E-state index contributed by atoms with van der Waals surface area (Å²) in [6.45, 7) is 4.00. The molecule has 1 unspecified atom stereocenters. The van der Waals surface area contributed by atoms with Crippen LogP contribution in [0.3, 0.4) is 0 Å². The fraction of sp³-hybridized carbons (Fsp3) is 0.375. The highest BCUT2D eigenvalue weighted by Crippen LogP contribution is 2.20. The van der Waals surface area contributed by atoms with Crippen LogP contribution in [0.25, 0.3) is 0 Å². The van der Waals surface area contributed by atoms with E-state index in [0.29, 0.717) is 5.88 Å². The Kier molecular flexibility index (Phi) is 6.39. The summed E-state index contributed by atoms with van der Waals surface area (Å²) in [5.74, 6) is 0.609. The third-order valence-corrected chi connectivity index (χ3v) is 1.43. The number of pyridine rings is 1. The van der Waals surface area contributed by atoms with Crippen molar-refractivity contribution in [2.45, 2.75) is 13.8 Å². The Balaban J connectivity index is 0.000000561. The van der Waals surface area contributed by atoms with Crippen LogP contribution in [0.1, 0.15) is 13.8 Å². The standard InChI is InChI=1S/C6H9N2OP.C2H6/c1-9-6-5(8-10)3-2-4-7-6;1-2/h2-4,8H,10H2,1H3;1-2H3. The second-order valence-electron chi connectivity index (χ2n) is 1.70. The first-order valence-corrected chi connectivity index (χ1v) is 4.42. The van der Waals surface area contributed by atoms with E-state index >= 15 is 0 Å². The highest BCUT2D eigenvalue weighted by Gasteiger charge is 1.97. The molecule has 0 aliphatic heterocycles. The number of methoxy groups -OCH3 is 1. The predicted octanol–water partition coefficient (Wildman–Crippen LogP) is 2.32. The van der Waals surface area contributed by atoms with Crippen molar-refractivity contribution < 1.29 is 4.74 Å². The lowest BCUT2D eigenvalue weighted by molar-refractivity contribution is 0.400. The minimum Gasteiger partial charge on any atom is -0.480 e. The SMILES string of the molecule is CC.COc1ncccc1NP. The molecular formula is C8H15N2OP. The van der Waals surface area contributed by atoms with Crippen LogP contribution in [0.2, 0.25) is 0 Å². The van der Waals surface area contributed by atoms with Crippen LogP contribution < -0.4 is 9.82 Å². The van der Waals surface area contributed by atoms with E-state index in [2.05, 4.69) is 19.5 Å². The number of hydrogen-bond acceptors (Lipinski definition) is 3. The third kappa shape index (κ3) is 3.05. The van der Waals surface area contributed by atoms with Gasteiger partial charge in [0.15, 0.2) is 0 Å². The number of nitrogens with zero attached hydrogens (tertiary/aromatic N) is 1. The van der Waals surface area contributed by atoms with E-state index in [-0.39, 0.29) is 0 Å². The monoisotopic (exact) mass is 186 g/mol. The maximum absolute atomic E-state index is 4.95. The van der Waals surface area contributed by atoms with Gasteiger partial charge in [0.05, 0.1) is 7.11 Å². The van der Waals surface area contributed by atoms with Gasteiger partial charge in [0.1, 0.15) is 5.69 Å². The van der Waals surface area contributed by atoms with Crippen LogP contribution in [0.5, 0.6) is 5.88 Å². The fourth-order valence-electron chi connectivity index (χ4n) is 0.663. The van der Waals surface area contributed by atoms with Gasteiger partial charge in [-0.15, -0.1) is 0 Å². The van der Waals surface area contributed by atoms with E-state index in [1.165, 1.54) is 0 Å². The van der Waals surface area contributed by atoms with Gasteiger partial charge in [0.2, 0.25) is 5.88 Å². The van der Waals surface area contributed by atoms with Crippen molar-refractivity contribution >= 4 is 15.1 Å². The van der Waals surface area contributed by atoms with Gasteiger partial charge in [-0.2, -0.15) is 0 Å². The Bertz CT molecular complexity index is 195. The molecule has 0 radical (unpaired) electrons. The first kappa shape index (κ1) is 11.2. The lowest BCUT2D eigenvalue weighted by Gasteiger charge is -2.03. The Labute approximate surface area is 75.8 Å². The van der Waals surface area contributed by atoms with Crippen LogP contribution in [0.4, 0.5) is 5.69 Å². The van der Waals surface area contributed by atoms with Crippen LogP contribution in [-0.2, 0) is 0 Å². The Morgan fingerprint density at radius 3 is 2.58 bits per heavy atom. The molecule has 68 valence electrons. The number of hydrogen-bond donors (Lipinski definition) is 1. The summed E-state index contributed by atoms with van der Waals surface area (Å²) in [5, 5.41) is 2.88. The van der Waals surface area contributed by atoms with E-state index < -0.39 is 0 Å². The maximum Gasteiger partial charge on any atom is 0.237 e. The summed E-state index contributed by atoms with van der Waals surface area (Å²) in [5.41, 5.74) is 0.870. The van der Waals surface area contributed by atoms with Crippen LogP contribution >= 0.6 is 9.39 Å². The Morgan fingerprint density at radius 2 is 2.17 bits per heavy atom. The van der Waals surface area contributed by atoms with E-state index in [9.17, 15) is 0 Å². The molecule has 0 saturated heterocycles. The first-order chi connectivity index (χ1) is 5.88. The van der Waals surface area contributed by atoms with E-state index in [1.807, 2.05) is 26.0 Å². The van der Waals surface area contributed by atoms with Crippen LogP contribution in [0.15, 0.2) is 18.3 Å². The molecule has 0 aliphatic rings. The lowest BCUT2D eigenvalue weighted by atomic mass is 10.4. The van der Waals surface area contributed by atoms with E-state index in [4.69, 9.17) is 4.74 Å². The van der Waals surface area contributed by atoms with Crippen molar-refractivity contribution in [1.29, 1.82) is 0 Å². The van der Waals surface area contributed by atoms with Crippen molar-refractivity contribution in [3.63, 3.8) is 0 Å². The third-order valence-electron chi connectivity index (χ3n) is 1.12. The molecule has 0 saturated carbocycles. The minimum absolute atomic E-state index is 0.609. The first-order valence-electron chi connectivity index (χ1n) is 3.84. The topological polar surface area (TPSA) is 34.1 Å². The van der Waals surface area contributed by atoms with Crippen molar-refractivity contribution in [2.75, 3.05) is 12.2 Å². The summed E-state index contributed by atoms with van der Waals surface area (Å²) in [6, 6.07) is 3.73. The molecule has 1 aromatic heterocycles. The van der Waals surface area contributed by atoms with Crippen LogP contribution in [0, 0.1) is 0 Å². The van der Waals surface area contributed by atoms with Crippen molar-refractivity contribution in [3.8, 4) is 5.88 Å². The normalized spacial score (nSPS) is 8.00. The summed E-state index contributed by atoms with van der Waals surface area (Å²) in [4.78, 5) is 3.97. The Hall–Kier alpha value is -0.820. The van der Waals surface area contributed by atoms with Crippen molar-refractivity contribution in [2.24, 2.45) is 0 Å². The molecule has 0 fully saturated rings. The van der Waals surface area contributed by atoms with Crippen LogP contribution in [-0.4, -0.2) is 12.1 Å². The van der Waals surface area contributed by atoms with E-state index in [1.54, 1.807) is 13.3 Å². The molecule has 3 nitrogen and oxygen atoms in total. The molecule has 1 rings (SSSR count). The number of aromatic nitrogens is 1. The zero-order chi connectivity index (χ0) is 9.40. The zero-order valence-corrected chi connectivity index (χ0v) is 8.82. The molecule has 1 atom stereocenters. The molecule has 0 spiro atoms. The van der Waals surface area contributed by atoms with Gasteiger partial charge in [-0.25, -0.2) is 4.98 Å². The fourth-order valence-corrected chi connectivity index (χ4v) is 0.883. The van der Waals surface area contributed by atoms with Crippen molar-refractivity contribution in [3.05, 3.63) is 18.3 Å². The number of anilines is 1. The molecule has 0 bridgehead atoms. The smallest absolute Gasteiger partial charge is 0.237 e. The molecule has 1 heterocycles. The lowest BCUT2D eigenvalue weighted by Crippen LogP contribution is -1.90. The number of nitrogens with one attached hydrogen (secondary N) is 1. The molecule has 0 aromatic carbocycles. The number of ether oxygens (including phenoxy) is 1. The summed E-state index contributed by atoms with van der Waals surface area (Å²) in [7, 11) is 3.98. The minimum atomic E-state index is 0.609. The second-order valence-corrected chi connectivity index (χ2v) is 1.99. The molecule has 0 aliphatic carbocycles. The summed E-state index contributed by atoms with van der Waals surface area (Å²) >= 11 is 0. The summed E-state index contributed by atoms with van der Waals surface area (Å²) < 4.78 is 4.95. The van der Waals surface area contributed by atoms with Gasteiger partial charge < -0.3 is 9.82 Å². The zero-order valence-electron chi connectivity index (χ0n) is 7.66.